The molecule has 5 heteroatoms. The van der Waals surface area contributed by atoms with E-state index in [9.17, 15) is 4.79 Å². The van der Waals surface area contributed by atoms with Crippen molar-refractivity contribution >= 4 is 11.6 Å². The Labute approximate surface area is 139 Å². The Morgan fingerprint density at radius 3 is 2.26 bits per heavy atom. The molecule has 1 N–H and O–H groups in total. The van der Waals surface area contributed by atoms with Gasteiger partial charge in [-0.25, -0.2) is 0 Å². The molecule has 5 nitrogen and oxygen atoms in total. The number of carbonyl (C=O) groups is 1. The molecule has 1 aromatic carbocycles. The van der Waals surface area contributed by atoms with Crippen LogP contribution in [-0.2, 0) is 4.79 Å². The zero-order chi connectivity index (χ0) is 16.7. The maximum atomic E-state index is 12.5. The van der Waals surface area contributed by atoms with Gasteiger partial charge in [-0.2, -0.15) is 0 Å². The average Bonchev–Trinajstić information content (AvgIpc) is 2.53. The van der Waals surface area contributed by atoms with Crippen LogP contribution in [0.15, 0.2) is 18.2 Å². The molecule has 0 aromatic heterocycles. The van der Waals surface area contributed by atoms with Crippen LogP contribution in [0.25, 0.3) is 0 Å². The summed E-state index contributed by atoms with van der Waals surface area (Å²) in [6.45, 7) is 3.98. The summed E-state index contributed by atoms with van der Waals surface area (Å²) in [5.74, 6) is 1.30. The summed E-state index contributed by atoms with van der Waals surface area (Å²) < 4.78 is 10.5. The van der Waals surface area contributed by atoms with E-state index in [0.29, 0.717) is 11.5 Å². The highest BCUT2D eigenvalue weighted by Crippen LogP contribution is 2.29. The summed E-state index contributed by atoms with van der Waals surface area (Å²) in [5.41, 5.74) is 0.728. The van der Waals surface area contributed by atoms with E-state index in [2.05, 4.69) is 10.2 Å². The third-order valence-electron chi connectivity index (χ3n) is 4.47. The summed E-state index contributed by atoms with van der Waals surface area (Å²) in [6, 6.07) is 5.30. The third kappa shape index (κ3) is 4.86. The molecule has 2 rings (SSSR count). The van der Waals surface area contributed by atoms with Crippen LogP contribution < -0.4 is 14.8 Å². The second kappa shape index (κ2) is 8.77. The van der Waals surface area contributed by atoms with Gasteiger partial charge in [-0.3, -0.25) is 9.69 Å². The predicted molar refractivity (Wildman–Crippen MR) is 92.3 cm³/mol. The first-order valence-corrected chi connectivity index (χ1v) is 8.42. The molecular weight excluding hydrogens is 292 g/mol. The minimum atomic E-state index is -0.124. The Bertz CT molecular complexity index is 511. The minimum Gasteiger partial charge on any atom is -0.493 e. The van der Waals surface area contributed by atoms with Crippen LogP contribution in [0, 0.1) is 0 Å². The van der Waals surface area contributed by atoms with E-state index in [4.69, 9.17) is 9.47 Å². The molecule has 1 heterocycles. The highest BCUT2D eigenvalue weighted by atomic mass is 16.5. The fourth-order valence-corrected chi connectivity index (χ4v) is 2.99. The Hall–Kier alpha value is -1.75. The van der Waals surface area contributed by atoms with E-state index in [1.54, 1.807) is 26.4 Å². The number of anilines is 1. The molecule has 1 aromatic rings. The van der Waals surface area contributed by atoms with Gasteiger partial charge in [0.05, 0.1) is 20.3 Å². The molecule has 1 aliphatic rings. The van der Waals surface area contributed by atoms with Crippen molar-refractivity contribution < 1.29 is 14.3 Å². The largest absolute Gasteiger partial charge is 0.493 e. The second-order valence-electron chi connectivity index (χ2n) is 6.04. The van der Waals surface area contributed by atoms with E-state index >= 15 is 0 Å². The number of rotatable bonds is 5. The molecule has 1 fully saturated rings. The highest BCUT2D eigenvalue weighted by molar-refractivity contribution is 5.94. The Kier molecular flexibility index (Phi) is 6.71. The van der Waals surface area contributed by atoms with Crippen LogP contribution in [-0.4, -0.2) is 44.2 Å². The van der Waals surface area contributed by atoms with Crippen LogP contribution in [0.3, 0.4) is 0 Å². The Balaban J connectivity index is 1.99. The van der Waals surface area contributed by atoms with Crippen molar-refractivity contribution in [2.24, 2.45) is 0 Å². The van der Waals surface area contributed by atoms with E-state index in [1.807, 2.05) is 13.0 Å². The second-order valence-corrected chi connectivity index (χ2v) is 6.04. The van der Waals surface area contributed by atoms with E-state index in [1.165, 1.54) is 32.1 Å². The lowest BCUT2D eigenvalue weighted by atomic mass is 10.1. The van der Waals surface area contributed by atoms with Crippen LogP contribution in [0.5, 0.6) is 11.5 Å². The van der Waals surface area contributed by atoms with Gasteiger partial charge in [-0.15, -0.1) is 0 Å². The van der Waals surface area contributed by atoms with Crippen LogP contribution in [0.4, 0.5) is 5.69 Å². The molecule has 0 saturated carbocycles. The molecule has 23 heavy (non-hydrogen) atoms. The standard InChI is InChI=1S/C18H28N2O3/c1-14(20-11-7-5-4-6-8-12-20)18(21)19-15-9-10-16(22-2)17(13-15)23-3/h9-10,13-14H,4-8,11-12H2,1-3H3,(H,19,21)/t14-/m1/s1. The molecule has 128 valence electrons. The summed E-state index contributed by atoms with van der Waals surface area (Å²) in [6.07, 6.45) is 6.20. The van der Waals surface area contributed by atoms with E-state index in [-0.39, 0.29) is 11.9 Å². The van der Waals surface area contributed by atoms with E-state index in [0.717, 1.165) is 18.8 Å². The van der Waals surface area contributed by atoms with Gasteiger partial charge in [-0.05, 0) is 45.0 Å². The molecule has 1 atom stereocenters. The number of ether oxygens (including phenoxy) is 2. The fourth-order valence-electron chi connectivity index (χ4n) is 2.99. The number of amides is 1. The van der Waals surface area contributed by atoms with Crippen molar-refractivity contribution in [2.75, 3.05) is 32.6 Å². The monoisotopic (exact) mass is 320 g/mol. The molecule has 1 aliphatic heterocycles. The quantitative estimate of drug-likeness (QED) is 0.904. The summed E-state index contributed by atoms with van der Waals surface area (Å²) in [5, 5.41) is 2.98. The lowest BCUT2D eigenvalue weighted by molar-refractivity contribution is -0.120. The number of benzene rings is 1. The van der Waals surface area contributed by atoms with Crippen molar-refractivity contribution in [3.63, 3.8) is 0 Å². The van der Waals surface area contributed by atoms with Gasteiger partial charge in [0.15, 0.2) is 11.5 Å². The van der Waals surface area contributed by atoms with Crippen molar-refractivity contribution in [1.29, 1.82) is 0 Å². The van der Waals surface area contributed by atoms with Gasteiger partial charge in [0.2, 0.25) is 5.91 Å². The Morgan fingerprint density at radius 2 is 1.65 bits per heavy atom. The maximum Gasteiger partial charge on any atom is 0.241 e. The van der Waals surface area contributed by atoms with E-state index < -0.39 is 0 Å². The zero-order valence-electron chi connectivity index (χ0n) is 14.4. The van der Waals surface area contributed by atoms with Crippen LogP contribution in [0.1, 0.15) is 39.0 Å². The van der Waals surface area contributed by atoms with Crippen molar-refractivity contribution in [1.82, 2.24) is 4.90 Å². The smallest absolute Gasteiger partial charge is 0.241 e. The average molecular weight is 320 g/mol. The Morgan fingerprint density at radius 1 is 1.04 bits per heavy atom. The topological polar surface area (TPSA) is 50.8 Å². The van der Waals surface area contributed by atoms with Gasteiger partial charge in [-0.1, -0.05) is 19.3 Å². The number of likely N-dealkylation sites (tertiary alicyclic amines) is 1. The molecule has 0 aliphatic carbocycles. The number of hydrogen-bond acceptors (Lipinski definition) is 4. The summed E-state index contributed by atoms with van der Waals surface area (Å²) in [7, 11) is 3.19. The van der Waals surface area contributed by atoms with Gasteiger partial charge >= 0.3 is 0 Å². The molecule has 0 bridgehead atoms. The molecule has 1 amide bonds. The number of nitrogens with zero attached hydrogens (tertiary/aromatic N) is 1. The van der Waals surface area contributed by atoms with Gasteiger partial charge < -0.3 is 14.8 Å². The number of methoxy groups -OCH3 is 2. The van der Waals surface area contributed by atoms with Gasteiger partial charge in [0, 0.05) is 11.8 Å². The lowest BCUT2D eigenvalue weighted by Gasteiger charge is -2.29. The summed E-state index contributed by atoms with van der Waals surface area (Å²) in [4.78, 5) is 14.8. The third-order valence-corrected chi connectivity index (χ3v) is 4.47. The lowest BCUT2D eigenvalue weighted by Crippen LogP contribution is -2.43. The zero-order valence-corrected chi connectivity index (χ0v) is 14.4. The van der Waals surface area contributed by atoms with Crippen molar-refractivity contribution in [3.8, 4) is 11.5 Å². The molecule has 0 unspecified atom stereocenters. The first-order chi connectivity index (χ1) is 11.2. The number of nitrogens with one attached hydrogen (secondary N) is 1. The van der Waals surface area contributed by atoms with Crippen molar-refractivity contribution in [2.45, 2.75) is 45.1 Å². The molecule has 0 spiro atoms. The maximum absolute atomic E-state index is 12.5. The predicted octanol–water partition coefficient (Wildman–Crippen LogP) is 3.30. The first kappa shape index (κ1) is 17.6. The number of carbonyl (C=O) groups excluding carboxylic acids is 1. The first-order valence-electron chi connectivity index (χ1n) is 8.42. The minimum absolute atomic E-state index is 0.0257. The normalized spacial score (nSPS) is 17.7. The van der Waals surface area contributed by atoms with Crippen molar-refractivity contribution in [3.05, 3.63) is 18.2 Å². The van der Waals surface area contributed by atoms with Crippen LogP contribution >= 0.6 is 0 Å². The van der Waals surface area contributed by atoms with Gasteiger partial charge in [0.1, 0.15) is 0 Å². The molecular formula is C18H28N2O3. The summed E-state index contributed by atoms with van der Waals surface area (Å²) >= 11 is 0. The SMILES string of the molecule is COc1ccc(NC(=O)[C@@H](C)N2CCCCCCC2)cc1OC. The number of hydrogen-bond donors (Lipinski definition) is 1. The molecule has 1 saturated heterocycles. The highest BCUT2D eigenvalue weighted by Gasteiger charge is 2.22. The fraction of sp³-hybridized carbons (Fsp3) is 0.611. The van der Waals surface area contributed by atoms with Gasteiger partial charge in [0.25, 0.3) is 0 Å². The van der Waals surface area contributed by atoms with Crippen LogP contribution in [0.2, 0.25) is 0 Å². The molecule has 0 radical (unpaired) electrons.